The Balaban J connectivity index is 1.21. The lowest BCUT2D eigenvalue weighted by Crippen LogP contribution is -2.04. The standard InChI is InChI=1S/C56H40N6/c1-34-18-24-49-43(28-34)44-29-35(2)19-25-50(44)61(49)48-17-11-16-41(47(48)33-57)40-22-23-42(53(32-40)62-51-26-20-36(3)30-45(51)46-31-37(4)21-27-52(46)62)56-59-54(38-12-7-5-8-13-38)58-55(60-56)39-14-9-6-10-15-39/h5-32H,1-4H3. The summed E-state index contributed by atoms with van der Waals surface area (Å²) in [7, 11) is 0. The molecule has 0 aliphatic heterocycles. The van der Waals surface area contributed by atoms with Crippen molar-refractivity contribution in [1.82, 2.24) is 24.1 Å². The first kappa shape index (κ1) is 36.9. The molecule has 0 aliphatic rings. The van der Waals surface area contributed by atoms with Crippen LogP contribution in [0.2, 0.25) is 0 Å². The molecular weight excluding hydrogens is 757 g/mol. The number of fused-ring (bicyclic) bond motifs is 6. The van der Waals surface area contributed by atoms with E-state index in [1.807, 2.05) is 60.7 Å². The zero-order valence-electron chi connectivity index (χ0n) is 34.8. The Kier molecular flexibility index (Phi) is 8.66. The predicted octanol–water partition coefficient (Wildman–Crippen LogP) is 13.8. The van der Waals surface area contributed by atoms with Crippen LogP contribution < -0.4 is 0 Å². The molecule has 0 aliphatic carbocycles. The molecule has 11 aromatic rings. The molecule has 62 heavy (non-hydrogen) atoms. The van der Waals surface area contributed by atoms with Gasteiger partial charge in [-0.3, -0.25) is 0 Å². The average Bonchev–Trinajstić information content (AvgIpc) is 3.79. The molecule has 0 radical (unpaired) electrons. The number of hydrogen-bond acceptors (Lipinski definition) is 4. The Morgan fingerprint density at radius 3 is 1.26 bits per heavy atom. The average molecular weight is 797 g/mol. The summed E-state index contributed by atoms with van der Waals surface area (Å²) in [5, 5.41) is 15.9. The van der Waals surface area contributed by atoms with Crippen molar-refractivity contribution in [2.75, 3.05) is 0 Å². The lowest BCUT2D eigenvalue weighted by molar-refractivity contribution is 1.06. The smallest absolute Gasteiger partial charge is 0.166 e. The van der Waals surface area contributed by atoms with E-state index in [1.165, 1.54) is 43.8 Å². The van der Waals surface area contributed by atoms with Crippen LogP contribution in [-0.4, -0.2) is 24.1 Å². The first-order valence-corrected chi connectivity index (χ1v) is 20.9. The Morgan fingerprint density at radius 2 is 0.806 bits per heavy atom. The zero-order chi connectivity index (χ0) is 42.1. The van der Waals surface area contributed by atoms with Crippen molar-refractivity contribution >= 4 is 43.6 Å². The Morgan fingerprint density at radius 1 is 0.371 bits per heavy atom. The molecule has 11 rings (SSSR count). The molecule has 0 atom stereocenters. The minimum atomic E-state index is 0.554. The fourth-order valence-corrected chi connectivity index (χ4v) is 9.11. The second kappa shape index (κ2) is 14.5. The lowest BCUT2D eigenvalue weighted by atomic mass is 9.96. The third-order valence-electron chi connectivity index (χ3n) is 12.0. The van der Waals surface area contributed by atoms with Crippen molar-refractivity contribution in [2.24, 2.45) is 0 Å². The van der Waals surface area contributed by atoms with Crippen molar-refractivity contribution in [3.63, 3.8) is 0 Å². The van der Waals surface area contributed by atoms with Crippen molar-refractivity contribution in [1.29, 1.82) is 5.26 Å². The highest BCUT2D eigenvalue weighted by Gasteiger charge is 2.23. The second-order valence-corrected chi connectivity index (χ2v) is 16.3. The number of nitrogens with zero attached hydrogens (tertiary/aromatic N) is 6. The van der Waals surface area contributed by atoms with Gasteiger partial charge in [0, 0.05) is 43.8 Å². The van der Waals surface area contributed by atoms with Crippen molar-refractivity contribution < 1.29 is 0 Å². The molecule has 0 saturated carbocycles. The monoisotopic (exact) mass is 796 g/mol. The van der Waals surface area contributed by atoms with Gasteiger partial charge in [0.2, 0.25) is 0 Å². The maximum absolute atomic E-state index is 11.2. The number of benzene rings is 8. The van der Waals surface area contributed by atoms with Gasteiger partial charge in [0.1, 0.15) is 6.07 Å². The first-order chi connectivity index (χ1) is 30.3. The van der Waals surface area contributed by atoms with Gasteiger partial charge in [-0.15, -0.1) is 0 Å². The van der Waals surface area contributed by atoms with E-state index in [0.29, 0.717) is 23.0 Å². The molecule has 0 fully saturated rings. The van der Waals surface area contributed by atoms with Gasteiger partial charge in [-0.05, 0) is 100.0 Å². The van der Waals surface area contributed by atoms with Gasteiger partial charge in [0.25, 0.3) is 0 Å². The molecule has 3 heterocycles. The van der Waals surface area contributed by atoms with Gasteiger partial charge < -0.3 is 9.13 Å². The molecule has 0 amide bonds. The minimum Gasteiger partial charge on any atom is -0.308 e. The number of nitriles is 1. The highest BCUT2D eigenvalue weighted by Crippen LogP contribution is 2.41. The minimum absolute atomic E-state index is 0.554. The van der Waals surface area contributed by atoms with E-state index in [-0.39, 0.29) is 0 Å². The molecule has 294 valence electrons. The number of hydrogen-bond donors (Lipinski definition) is 0. The Bertz CT molecular complexity index is 3450. The van der Waals surface area contributed by atoms with E-state index in [1.54, 1.807) is 0 Å². The van der Waals surface area contributed by atoms with Gasteiger partial charge >= 0.3 is 0 Å². The largest absolute Gasteiger partial charge is 0.308 e. The maximum Gasteiger partial charge on any atom is 0.166 e. The van der Waals surface area contributed by atoms with Gasteiger partial charge in [0.15, 0.2) is 17.5 Å². The molecule has 0 unspecified atom stereocenters. The summed E-state index contributed by atoms with van der Waals surface area (Å²) in [5.74, 6) is 1.74. The molecule has 0 spiro atoms. The Labute approximate surface area is 359 Å². The normalized spacial score (nSPS) is 11.5. The predicted molar refractivity (Wildman–Crippen MR) is 254 cm³/mol. The first-order valence-electron chi connectivity index (χ1n) is 20.9. The van der Waals surface area contributed by atoms with Crippen LogP contribution >= 0.6 is 0 Å². The van der Waals surface area contributed by atoms with Crippen molar-refractivity contribution in [2.45, 2.75) is 27.7 Å². The summed E-state index contributed by atoms with van der Waals surface area (Å²) in [6.45, 7) is 8.54. The van der Waals surface area contributed by atoms with Gasteiger partial charge in [-0.25, -0.2) is 15.0 Å². The Hall–Kier alpha value is -8.14. The second-order valence-electron chi connectivity index (χ2n) is 16.3. The molecule has 8 aromatic carbocycles. The van der Waals surface area contributed by atoms with Crippen LogP contribution in [0, 0.1) is 39.0 Å². The van der Waals surface area contributed by atoms with Crippen LogP contribution in [-0.2, 0) is 0 Å². The molecular formula is C56H40N6. The molecule has 0 saturated heterocycles. The third-order valence-corrected chi connectivity index (χ3v) is 12.0. The van der Waals surface area contributed by atoms with E-state index in [2.05, 4.69) is 152 Å². The van der Waals surface area contributed by atoms with Crippen LogP contribution in [0.3, 0.4) is 0 Å². The van der Waals surface area contributed by atoms with Crippen LogP contribution in [0.4, 0.5) is 0 Å². The summed E-state index contributed by atoms with van der Waals surface area (Å²) in [6.07, 6.45) is 0. The third kappa shape index (κ3) is 6.05. The number of aromatic nitrogens is 5. The summed E-state index contributed by atoms with van der Waals surface area (Å²) >= 11 is 0. The van der Waals surface area contributed by atoms with Gasteiger partial charge in [-0.1, -0.05) is 125 Å². The summed E-state index contributed by atoms with van der Waals surface area (Å²) < 4.78 is 4.59. The van der Waals surface area contributed by atoms with Crippen LogP contribution in [0.1, 0.15) is 27.8 Å². The SMILES string of the molecule is Cc1ccc2c(c1)c1cc(C)ccc1n2-c1cc(-c2cccc(-n3c4ccc(C)cc4c4cc(C)ccc43)c2C#N)ccc1-c1nc(-c2ccccc2)nc(-c2ccccc2)n1. The van der Waals surface area contributed by atoms with Crippen LogP contribution in [0.25, 0.3) is 100 Å². The maximum atomic E-state index is 11.2. The lowest BCUT2D eigenvalue weighted by Gasteiger charge is -2.18. The van der Waals surface area contributed by atoms with Gasteiger partial charge in [-0.2, -0.15) is 5.26 Å². The fourth-order valence-electron chi connectivity index (χ4n) is 9.11. The highest BCUT2D eigenvalue weighted by molar-refractivity contribution is 6.11. The van der Waals surface area contributed by atoms with Crippen molar-refractivity contribution in [3.05, 3.63) is 198 Å². The topological polar surface area (TPSA) is 72.3 Å². The van der Waals surface area contributed by atoms with Crippen LogP contribution in [0.15, 0.2) is 170 Å². The van der Waals surface area contributed by atoms with Crippen LogP contribution in [0.5, 0.6) is 0 Å². The van der Waals surface area contributed by atoms with E-state index in [0.717, 1.165) is 61.3 Å². The summed E-state index contributed by atoms with van der Waals surface area (Å²) in [6, 6.07) is 61.9. The number of aryl methyl sites for hydroxylation is 4. The molecule has 6 heteroatoms. The summed E-state index contributed by atoms with van der Waals surface area (Å²) in [4.78, 5) is 15.5. The molecule has 6 nitrogen and oxygen atoms in total. The van der Waals surface area contributed by atoms with E-state index in [9.17, 15) is 5.26 Å². The quantitative estimate of drug-likeness (QED) is 0.168. The van der Waals surface area contributed by atoms with E-state index in [4.69, 9.17) is 15.0 Å². The zero-order valence-corrected chi connectivity index (χ0v) is 34.8. The summed E-state index contributed by atoms with van der Waals surface area (Å²) in [5.41, 5.74) is 15.8. The van der Waals surface area contributed by atoms with Gasteiger partial charge in [0.05, 0.1) is 39.0 Å². The highest BCUT2D eigenvalue weighted by atomic mass is 15.1. The van der Waals surface area contributed by atoms with Crippen molar-refractivity contribution in [3.8, 4) is 62.7 Å². The molecule has 0 bridgehead atoms. The van der Waals surface area contributed by atoms with E-state index < -0.39 is 0 Å². The number of rotatable bonds is 6. The fraction of sp³-hybridized carbons (Fsp3) is 0.0714. The van der Waals surface area contributed by atoms with E-state index >= 15 is 0 Å². The molecule has 3 aromatic heterocycles. The molecule has 0 N–H and O–H groups in total.